The standard InChI is InChI=1S/C14H12BrCl2N/c1-9(10-2-4-11(16)5-3-10)18-14-8-12(17)6-7-13(14)15/h2-9,18H,1H3. The second kappa shape index (κ2) is 5.96. The highest BCUT2D eigenvalue weighted by Crippen LogP contribution is 2.29. The molecular weight excluding hydrogens is 333 g/mol. The summed E-state index contributed by atoms with van der Waals surface area (Å²) in [5, 5.41) is 4.87. The number of halogens is 3. The van der Waals surface area contributed by atoms with E-state index in [9.17, 15) is 0 Å². The van der Waals surface area contributed by atoms with Gasteiger partial charge in [-0.2, -0.15) is 0 Å². The van der Waals surface area contributed by atoms with E-state index >= 15 is 0 Å². The summed E-state index contributed by atoms with van der Waals surface area (Å²) in [4.78, 5) is 0. The van der Waals surface area contributed by atoms with Gasteiger partial charge in [-0.15, -0.1) is 0 Å². The molecule has 0 aliphatic heterocycles. The lowest BCUT2D eigenvalue weighted by Crippen LogP contribution is -2.06. The Morgan fingerprint density at radius 3 is 2.28 bits per heavy atom. The van der Waals surface area contributed by atoms with Crippen molar-refractivity contribution < 1.29 is 0 Å². The smallest absolute Gasteiger partial charge is 0.0504 e. The molecule has 0 aromatic heterocycles. The average Bonchev–Trinajstić information content (AvgIpc) is 2.34. The molecule has 4 heteroatoms. The Kier molecular flexibility index (Phi) is 4.55. The Morgan fingerprint density at radius 2 is 1.61 bits per heavy atom. The molecular formula is C14H12BrCl2N. The van der Waals surface area contributed by atoms with Crippen molar-refractivity contribution in [2.75, 3.05) is 5.32 Å². The lowest BCUT2D eigenvalue weighted by molar-refractivity contribution is 0.884. The van der Waals surface area contributed by atoms with Gasteiger partial charge in [-0.3, -0.25) is 0 Å². The Labute approximate surface area is 125 Å². The fraction of sp³-hybridized carbons (Fsp3) is 0.143. The highest BCUT2D eigenvalue weighted by Gasteiger charge is 2.07. The molecule has 0 spiro atoms. The molecule has 18 heavy (non-hydrogen) atoms. The Hall–Kier alpha value is -0.700. The molecule has 1 nitrogen and oxygen atoms in total. The van der Waals surface area contributed by atoms with Gasteiger partial charge in [0, 0.05) is 20.6 Å². The van der Waals surface area contributed by atoms with Crippen LogP contribution in [0.5, 0.6) is 0 Å². The second-order valence-electron chi connectivity index (χ2n) is 4.04. The highest BCUT2D eigenvalue weighted by molar-refractivity contribution is 9.10. The Bertz CT molecular complexity index is 540. The van der Waals surface area contributed by atoms with Crippen molar-refractivity contribution in [3.05, 3.63) is 62.5 Å². The van der Waals surface area contributed by atoms with E-state index in [2.05, 4.69) is 28.2 Å². The van der Waals surface area contributed by atoms with Crippen LogP contribution in [0.2, 0.25) is 10.0 Å². The molecule has 1 atom stereocenters. The van der Waals surface area contributed by atoms with Crippen molar-refractivity contribution in [2.45, 2.75) is 13.0 Å². The van der Waals surface area contributed by atoms with Gasteiger partial charge >= 0.3 is 0 Å². The maximum absolute atomic E-state index is 5.99. The van der Waals surface area contributed by atoms with Crippen molar-refractivity contribution in [1.29, 1.82) is 0 Å². The van der Waals surface area contributed by atoms with E-state index in [1.165, 1.54) is 5.56 Å². The largest absolute Gasteiger partial charge is 0.378 e. The molecule has 0 heterocycles. The predicted octanol–water partition coefficient (Wildman–Crippen LogP) is 5.93. The number of rotatable bonds is 3. The molecule has 0 fully saturated rings. The van der Waals surface area contributed by atoms with Crippen LogP contribution in [-0.2, 0) is 0 Å². The molecule has 2 aromatic carbocycles. The average molecular weight is 345 g/mol. The van der Waals surface area contributed by atoms with Gasteiger partial charge in [-0.05, 0) is 58.7 Å². The van der Waals surface area contributed by atoms with Crippen molar-refractivity contribution >= 4 is 44.8 Å². The van der Waals surface area contributed by atoms with E-state index in [0.29, 0.717) is 5.02 Å². The lowest BCUT2D eigenvalue weighted by atomic mass is 10.1. The highest BCUT2D eigenvalue weighted by atomic mass is 79.9. The fourth-order valence-corrected chi connectivity index (χ4v) is 2.34. The van der Waals surface area contributed by atoms with Gasteiger partial charge in [0.05, 0.1) is 5.69 Å². The summed E-state index contributed by atoms with van der Waals surface area (Å²) < 4.78 is 0.993. The van der Waals surface area contributed by atoms with Gasteiger partial charge in [-0.25, -0.2) is 0 Å². The first kappa shape index (κ1) is 13.7. The predicted molar refractivity (Wildman–Crippen MR) is 82.6 cm³/mol. The van der Waals surface area contributed by atoms with Crippen molar-refractivity contribution in [3.63, 3.8) is 0 Å². The molecule has 1 N–H and O–H groups in total. The zero-order valence-corrected chi connectivity index (χ0v) is 12.9. The van der Waals surface area contributed by atoms with E-state index < -0.39 is 0 Å². The lowest BCUT2D eigenvalue weighted by Gasteiger charge is -2.17. The van der Waals surface area contributed by atoms with Gasteiger partial charge in [0.25, 0.3) is 0 Å². The minimum Gasteiger partial charge on any atom is -0.378 e. The summed E-state index contributed by atoms with van der Waals surface area (Å²) >= 11 is 15.4. The monoisotopic (exact) mass is 343 g/mol. The molecule has 0 aliphatic rings. The molecule has 0 saturated carbocycles. The van der Waals surface area contributed by atoms with Crippen molar-refractivity contribution in [2.24, 2.45) is 0 Å². The van der Waals surface area contributed by atoms with Gasteiger partial charge < -0.3 is 5.32 Å². The molecule has 2 aromatic rings. The molecule has 0 bridgehead atoms. The van der Waals surface area contributed by atoms with Gasteiger partial charge in [0.2, 0.25) is 0 Å². The fourth-order valence-electron chi connectivity index (χ4n) is 1.68. The molecule has 0 aliphatic carbocycles. The minimum absolute atomic E-state index is 0.178. The quantitative estimate of drug-likeness (QED) is 0.727. The Morgan fingerprint density at radius 1 is 1.00 bits per heavy atom. The first-order valence-corrected chi connectivity index (χ1v) is 7.08. The van der Waals surface area contributed by atoms with Crippen molar-refractivity contribution in [3.8, 4) is 0 Å². The second-order valence-corrected chi connectivity index (χ2v) is 5.77. The van der Waals surface area contributed by atoms with Gasteiger partial charge in [0.1, 0.15) is 0 Å². The third-order valence-corrected chi connectivity index (χ3v) is 3.85. The van der Waals surface area contributed by atoms with Crippen LogP contribution in [0.15, 0.2) is 46.9 Å². The van der Waals surface area contributed by atoms with Crippen LogP contribution in [0.4, 0.5) is 5.69 Å². The van der Waals surface area contributed by atoms with Gasteiger partial charge in [-0.1, -0.05) is 35.3 Å². The van der Waals surface area contributed by atoms with Crippen LogP contribution in [0.25, 0.3) is 0 Å². The first-order valence-electron chi connectivity index (χ1n) is 5.53. The normalized spacial score (nSPS) is 12.2. The first-order chi connectivity index (χ1) is 8.56. The number of anilines is 1. The zero-order valence-electron chi connectivity index (χ0n) is 9.75. The topological polar surface area (TPSA) is 12.0 Å². The number of hydrogen-bond acceptors (Lipinski definition) is 1. The van der Waals surface area contributed by atoms with Crippen LogP contribution in [0, 0.1) is 0 Å². The van der Waals surface area contributed by atoms with Gasteiger partial charge in [0.15, 0.2) is 0 Å². The van der Waals surface area contributed by atoms with E-state index in [1.807, 2.05) is 42.5 Å². The minimum atomic E-state index is 0.178. The Balaban J connectivity index is 2.18. The summed E-state index contributed by atoms with van der Waals surface area (Å²) in [7, 11) is 0. The molecule has 2 rings (SSSR count). The molecule has 1 unspecified atom stereocenters. The molecule has 0 radical (unpaired) electrons. The maximum atomic E-state index is 5.99. The van der Waals surface area contributed by atoms with Crippen LogP contribution in [-0.4, -0.2) is 0 Å². The van der Waals surface area contributed by atoms with E-state index in [1.54, 1.807) is 0 Å². The van der Waals surface area contributed by atoms with E-state index in [4.69, 9.17) is 23.2 Å². The molecule has 0 amide bonds. The summed E-state index contributed by atoms with van der Waals surface area (Å²) in [6.45, 7) is 2.09. The number of benzene rings is 2. The van der Waals surface area contributed by atoms with Crippen LogP contribution in [0.1, 0.15) is 18.5 Å². The number of hydrogen-bond donors (Lipinski definition) is 1. The maximum Gasteiger partial charge on any atom is 0.0504 e. The number of nitrogens with one attached hydrogen (secondary N) is 1. The third kappa shape index (κ3) is 3.41. The molecule has 0 saturated heterocycles. The van der Waals surface area contributed by atoms with Crippen LogP contribution in [0.3, 0.4) is 0 Å². The summed E-state index contributed by atoms with van der Waals surface area (Å²) in [6, 6.07) is 13.7. The SMILES string of the molecule is CC(Nc1cc(Cl)ccc1Br)c1ccc(Cl)cc1. The van der Waals surface area contributed by atoms with E-state index in [-0.39, 0.29) is 6.04 Å². The zero-order chi connectivity index (χ0) is 13.1. The summed E-state index contributed by atoms with van der Waals surface area (Å²) in [5.74, 6) is 0. The van der Waals surface area contributed by atoms with Crippen molar-refractivity contribution in [1.82, 2.24) is 0 Å². The van der Waals surface area contributed by atoms with E-state index in [0.717, 1.165) is 15.2 Å². The third-order valence-electron chi connectivity index (χ3n) is 2.67. The molecule has 94 valence electrons. The van der Waals surface area contributed by atoms with Crippen LogP contribution >= 0.6 is 39.1 Å². The summed E-state index contributed by atoms with van der Waals surface area (Å²) in [5.41, 5.74) is 2.15. The van der Waals surface area contributed by atoms with Crippen LogP contribution < -0.4 is 5.32 Å². The summed E-state index contributed by atoms with van der Waals surface area (Å²) in [6.07, 6.45) is 0.